The summed E-state index contributed by atoms with van der Waals surface area (Å²) in [6.45, 7) is 5.65. The van der Waals surface area contributed by atoms with Crippen LogP contribution >= 0.6 is 0 Å². The summed E-state index contributed by atoms with van der Waals surface area (Å²) >= 11 is 0. The van der Waals surface area contributed by atoms with Crippen LogP contribution in [0, 0.1) is 0 Å². The molecule has 0 unspecified atom stereocenters. The maximum absolute atomic E-state index is 12.7. The number of sulfonamides is 1. The molecule has 0 radical (unpaired) electrons. The normalized spacial score (nSPS) is 16.2. The summed E-state index contributed by atoms with van der Waals surface area (Å²) in [6.07, 6.45) is 0. The van der Waals surface area contributed by atoms with Crippen molar-refractivity contribution in [3.8, 4) is 11.5 Å². The lowest BCUT2D eigenvalue weighted by molar-refractivity contribution is 0.181. The highest BCUT2D eigenvalue weighted by Gasteiger charge is 2.28. The third-order valence-electron chi connectivity index (χ3n) is 4.65. The van der Waals surface area contributed by atoms with Crippen molar-refractivity contribution in [1.29, 1.82) is 0 Å². The maximum Gasteiger partial charge on any atom is 0.243 e. The standard InChI is InChI=1S/C20H26N2O4S/c1-3-26-20-15-17(9-10-19(20)25-2)16-21-11-13-22(14-12-21)27(23,24)18-7-5-4-6-8-18/h4-10,15H,3,11-14,16H2,1-2H3. The molecule has 6 nitrogen and oxygen atoms in total. The second-order valence-electron chi connectivity index (χ2n) is 6.41. The molecule has 0 spiro atoms. The molecule has 27 heavy (non-hydrogen) atoms. The summed E-state index contributed by atoms with van der Waals surface area (Å²) in [5, 5.41) is 0. The van der Waals surface area contributed by atoms with E-state index in [0.717, 1.165) is 23.6 Å². The van der Waals surface area contributed by atoms with Gasteiger partial charge in [-0.1, -0.05) is 24.3 Å². The van der Waals surface area contributed by atoms with E-state index in [-0.39, 0.29) is 0 Å². The molecule has 0 aromatic heterocycles. The summed E-state index contributed by atoms with van der Waals surface area (Å²) in [4.78, 5) is 2.61. The number of nitrogens with zero attached hydrogens (tertiary/aromatic N) is 2. The Balaban J connectivity index is 1.62. The summed E-state index contributed by atoms with van der Waals surface area (Å²) in [5.74, 6) is 1.46. The minimum atomic E-state index is -3.41. The second-order valence-corrected chi connectivity index (χ2v) is 8.35. The van der Waals surface area contributed by atoms with Gasteiger partial charge in [-0.3, -0.25) is 4.90 Å². The summed E-state index contributed by atoms with van der Waals surface area (Å²) in [7, 11) is -1.78. The van der Waals surface area contributed by atoms with Crippen molar-refractivity contribution in [2.75, 3.05) is 39.9 Å². The molecule has 0 saturated carbocycles. The molecule has 1 fully saturated rings. The van der Waals surface area contributed by atoms with Gasteiger partial charge < -0.3 is 9.47 Å². The number of methoxy groups -OCH3 is 1. The van der Waals surface area contributed by atoms with E-state index >= 15 is 0 Å². The Morgan fingerprint density at radius 3 is 2.30 bits per heavy atom. The van der Waals surface area contributed by atoms with Crippen LogP contribution in [0.2, 0.25) is 0 Å². The Labute approximate surface area is 161 Å². The van der Waals surface area contributed by atoms with Crippen molar-refractivity contribution in [2.45, 2.75) is 18.4 Å². The van der Waals surface area contributed by atoms with Gasteiger partial charge >= 0.3 is 0 Å². The highest BCUT2D eigenvalue weighted by molar-refractivity contribution is 7.89. The molecule has 0 atom stereocenters. The number of hydrogen-bond acceptors (Lipinski definition) is 5. The Morgan fingerprint density at radius 2 is 1.67 bits per heavy atom. The molecule has 2 aromatic carbocycles. The Hall–Kier alpha value is -2.09. The van der Waals surface area contributed by atoms with Gasteiger partial charge in [-0.05, 0) is 36.8 Å². The first-order chi connectivity index (χ1) is 13.0. The third kappa shape index (κ3) is 4.61. The molecule has 0 amide bonds. The monoisotopic (exact) mass is 390 g/mol. The molecule has 146 valence electrons. The van der Waals surface area contributed by atoms with Crippen molar-refractivity contribution in [1.82, 2.24) is 9.21 Å². The van der Waals surface area contributed by atoms with Crippen LogP contribution in [0.5, 0.6) is 11.5 Å². The Kier molecular flexibility index (Phi) is 6.36. The lowest BCUT2D eigenvalue weighted by Crippen LogP contribution is -2.48. The van der Waals surface area contributed by atoms with E-state index in [9.17, 15) is 8.42 Å². The van der Waals surface area contributed by atoms with Crippen LogP contribution < -0.4 is 9.47 Å². The van der Waals surface area contributed by atoms with E-state index in [4.69, 9.17) is 9.47 Å². The van der Waals surface area contributed by atoms with Gasteiger partial charge in [-0.15, -0.1) is 0 Å². The van der Waals surface area contributed by atoms with E-state index < -0.39 is 10.0 Å². The molecule has 1 heterocycles. The molecule has 0 bridgehead atoms. The van der Waals surface area contributed by atoms with Gasteiger partial charge in [0.05, 0.1) is 18.6 Å². The first kappa shape index (κ1) is 19.7. The third-order valence-corrected chi connectivity index (χ3v) is 6.56. The number of rotatable bonds is 7. The van der Waals surface area contributed by atoms with Crippen LogP contribution in [0.4, 0.5) is 0 Å². The van der Waals surface area contributed by atoms with Crippen molar-refractivity contribution in [2.24, 2.45) is 0 Å². The predicted molar refractivity (Wildman–Crippen MR) is 105 cm³/mol. The zero-order chi connectivity index (χ0) is 19.3. The fourth-order valence-electron chi connectivity index (χ4n) is 3.22. The maximum atomic E-state index is 12.7. The van der Waals surface area contributed by atoms with Crippen molar-refractivity contribution >= 4 is 10.0 Å². The van der Waals surface area contributed by atoms with Gasteiger partial charge in [0.15, 0.2) is 11.5 Å². The van der Waals surface area contributed by atoms with E-state index in [1.165, 1.54) is 0 Å². The Bertz CT molecular complexity index is 848. The molecular formula is C20H26N2O4S. The molecular weight excluding hydrogens is 364 g/mol. The molecule has 7 heteroatoms. The molecule has 1 aliphatic rings. The summed E-state index contributed by atoms with van der Waals surface area (Å²) in [5.41, 5.74) is 1.12. The Morgan fingerprint density at radius 1 is 0.963 bits per heavy atom. The van der Waals surface area contributed by atoms with Crippen molar-refractivity contribution in [3.05, 3.63) is 54.1 Å². The van der Waals surface area contributed by atoms with Gasteiger partial charge in [0.25, 0.3) is 0 Å². The average molecular weight is 391 g/mol. The fourth-order valence-corrected chi connectivity index (χ4v) is 4.66. The van der Waals surface area contributed by atoms with Gasteiger partial charge in [0, 0.05) is 32.7 Å². The average Bonchev–Trinajstić information content (AvgIpc) is 2.70. The van der Waals surface area contributed by atoms with Gasteiger partial charge in [-0.2, -0.15) is 4.31 Å². The molecule has 1 saturated heterocycles. The molecule has 0 N–H and O–H groups in total. The van der Waals surface area contributed by atoms with Crippen LogP contribution in [0.3, 0.4) is 0 Å². The van der Waals surface area contributed by atoms with Crippen LogP contribution in [0.25, 0.3) is 0 Å². The SMILES string of the molecule is CCOc1cc(CN2CCN(S(=O)(=O)c3ccccc3)CC2)ccc1OC. The first-order valence-corrected chi connectivity index (χ1v) is 10.6. The minimum absolute atomic E-state index is 0.356. The lowest BCUT2D eigenvalue weighted by Gasteiger charge is -2.34. The number of hydrogen-bond donors (Lipinski definition) is 0. The van der Waals surface area contributed by atoms with Crippen LogP contribution in [0.1, 0.15) is 12.5 Å². The summed E-state index contributed by atoms with van der Waals surface area (Å²) < 4.78 is 38.0. The molecule has 1 aliphatic heterocycles. The zero-order valence-corrected chi connectivity index (χ0v) is 16.6. The molecule has 3 rings (SSSR count). The van der Waals surface area contributed by atoms with Gasteiger partial charge in [0.1, 0.15) is 0 Å². The van der Waals surface area contributed by atoms with Crippen LogP contribution in [-0.4, -0.2) is 57.5 Å². The number of piperazine rings is 1. The first-order valence-electron chi connectivity index (χ1n) is 9.12. The highest BCUT2D eigenvalue weighted by atomic mass is 32.2. The predicted octanol–water partition coefficient (Wildman–Crippen LogP) is 2.60. The topological polar surface area (TPSA) is 59.1 Å². The van der Waals surface area contributed by atoms with E-state index in [1.807, 2.05) is 31.2 Å². The van der Waals surface area contributed by atoms with Crippen molar-refractivity contribution < 1.29 is 17.9 Å². The lowest BCUT2D eigenvalue weighted by atomic mass is 10.1. The van der Waals surface area contributed by atoms with Gasteiger partial charge in [0.2, 0.25) is 10.0 Å². The fraction of sp³-hybridized carbons (Fsp3) is 0.400. The number of ether oxygens (including phenoxy) is 2. The zero-order valence-electron chi connectivity index (χ0n) is 15.8. The highest BCUT2D eigenvalue weighted by Crippen LogP contribution is 2.29. The quantitative estimate of drug-likeness (QED) is 0.727. The smallest absolute Gasteiger partial charge is 0.243 e. The largest absolute Gasteiger partial charge is 0.493 e. The van der Waals surface area contributed by atoms with Crippen LogP contribution in [-0.2, 0) is 16.6 Å². The summed E-state index contributed by atoms with van der Waals surface area (Å²) in [6, 6.07) is 14.6. The minimum Gasteiger partial charge on any atom is -0.493 e. The molecule has 2 aromatic rings. The van der Waals surface area contributed by atoms with E-state index in [0.29, 0.717) is 37.7 Å². The van der Waals surface area contributed by atoms with Crippen molar-refractivity contribution in [3.63, 3.8) is 0 Å². The van der Waals surface area contributed by atoms with E-state index in [2.05, 4.69) is 4.90 Å². The number of benzene rings is 2. The van der Waals surface area contributed by atoms with Crippen LogP contribution in [0.15, 0.2) is 53.4 Å². The second kappa shape index (κ2) is 8.73. The van der Waals surface area contributed by atoms with Gasteiger partial charge in [-0.25, -0.2) is 8.42 Å². The molecule has 0 aliphatic carbocycles. The van der Waals surface area contributed by atoms with E-state index in [1.54, 1.807) is 35.7 Å².